The Hall–Kier alpha value is -2.16. The summed E-state index contributed by atoms with van der Waals surface area (Å²) < 4.78 is 0. The number of phenolic OH excluding ortho intramolecular Hbond substituents is 1. The molecule has 0 radical (unpaired) electrons. The molecule has 0 aromatic heterocycles. The van der Waals surface area contributed by atoms with Gasteiger partial charge >= 0.3 is 0 Å². The predicted octanol–water partition coefficient (Wildman–Crippen LogP) is 2.87. The zero-order valence-corrected chi connectivity index (χ0v) is 23.3. The standard InChI is InChI=1S/C30H31OP.HI/c1-20-7-14-28(23(4)17-20)32(27-12-10-26(31)11-13-27,29-15-8-21(2)18-24(29)5)30-16-9-22(3)19-25(30)6;/h7-19H,1-6H3;1H. The van der Waals surface area contributed by atoms with Crippen LogP contribution < -0.4 is 45.2 Å². The van der Waals surface area contributed by atoms with E-state index in [1.807, 2.05) is 12.1 Å². The van der Waals surface area contributed by atoms with Gasteiger partial charge in [0.15, 0.2) is 0 Å². The maximum Gasteiger partial charge on any atom is 0.145 e. The highest BCUT2D eigenvalue weighted by atomic mass is 127. The van der Waals surface area contributed by atoms with Crippen LogP contribution in [-0.2, 0) is 0 Å². The van der Waals surface area contributed by atoms with Gasteiger partial charge in [-0.05, 0) is 101 Å². The molecule has 1 N–H and O–H groups in total. The maximum absolute atomic E-state index is 10.1. The van der Waals surface area contributed by atoms with Crippen LogP contribution in [-0.4, -0.2) is 5.11 Å². The van der Waals surface area contributed by atoms with Crippen LogP contribution >= 0.6 is 7.26 Å². The molecule has 0 aliphatic rings. The van der Waals surface area contributed by atoms with Gasteiger partial charge in [0.05, 0.1) is 0 Å². The maximum atomic E-state index is 10.1. The molecule has 0 unspecified atom stereocenters. The Labute approximate surface area is 216 Å². The number of hydrogen-bond acceptors (Lipinski definition) is 1. The van der Waals surface area contributed by atoms with E-state index >= 15 is 0 Å². The van der Waals surface area contributed by atoms with Gasteiger partial charge in [-0.2, -0.15) is 0 Å². The van der Waals surface area contributed by atoms with E-state index in [-0.39, 0.29) is 24.0 Å². The quantitative estimate of drug-likeness (QED) is 0.298. The number of hydrogen-bond donors (Lipinski definition) is 1. The topological polar surface area (TPSA) is 20.2 Å². The summed E-state index contributed by atoms with van der Waals surface area (Å²) in [6.07, 6.45) is 0. The molecule has 0 aliphatic heterocycles. The predicted molar refractivity (Wildman–Crippen MR) is 141 cm³/mol. The monoisotopic (exact) mass is 566 g/mol. The van der Waals surface area contributed by atoms with E-state index in [9.17, 15) is 5.11 Å². The first-order chi connectivity index (χ1) is 15.2. The van der Waals surface area contributed by atoms with Crippen molar-refractivity contribution < 1.29 is 29.1 Å². The number of aromatic hydroxyl groups is 1. The molecule has 0 heterocycles. The molecule has 4 rings (SSSR count). The Bertz CT molecular complexity index is 1170. The first-order valence-electron chi connectivity index (χ1n) is 11.2. The molecule has 0 saturated carbocycles. The van der Waals surface area contributed by atoms with Crippen LogP contribution in [0.1, 0.15) is 33.4 Å². The minimum absolute atomic E-state index is 0. The van der Waals surface area contributed by atoms with Gasteiger partial charge in [-0.15, -0.1) is 0 Å². The van der Waals surface area contributed by atoms with E-state index < -0.39 is 7.26 Å². The number of halogens is 1. The Kier molecular flexibility index (Phi) is 7.71. The zero-order valence-electron chi connectivity index (χ0n) is 20.3. The van der Waals surface area contributed by atoms with E-state index in [0.717, 1.165) is 0 Å². The molecule has 0 aliphatic carbocycles. The Morgan fingerprint density at radius 1 is 0.485 bits per heavy atom. The van der Waals surface area contributed by atoms with Gasteiger partial charge in [-0.3, -0.25) is 0 Å². The number of phenols is 1. The molecular weight excluding hydrogens is 534 g/mol. The van der Waals surface area contributed by atoms with Gasteiger partial charge in [0, 0.05) is 0 Å². The lowest BCUT2D eigenvalue weighted by Gasteiger charge is -2.31. The van der Waals surface area contributed by atoms with Crippen molar-refractivity contribution in [2.75, 3.05) is 0 Å². The van der Waals surface area contributed by atoms with Crippen molar-refractivity contribution in [2.45, 2.75) is 41.5 Å². The molecule has 33 heavy (non-hydrogen) atoms. The van der Waals surface area contributed by atoms with Crippen molar-refractivity contribution in [1.29, 1.82) is 0 Å². The average molecular weight is 566 g/mol. The largest absolute Gasteiger partial charge is 1.00 e. The molecule has 170 valence electrons. The smallest absolute Gasteiger partial charge is 0.145 e. The van der Waals surface area contributed by atoms with E-state index in [4.69, 9.17) is 0 Å². The molecule has 0 saturated heterocycles. The highest BCUT2D eigenvalue weighted by Gasteiger charge is 2.50. The molecule has 4 aromatic carbocycles. The summed E-state index contributed by atoms with van der Waals surface area (Å²) >= 11 is 0. The third kappa shape index (κ3) is 4.61. The molecule has 0 bridgehead atoms. The molecule has 1 nitrogen and oxygen atoms in total. The molecular formula is C30H32IOP. The van der Waals surface area contributed by atoms with Crippen LogP contribution in [0.3, 0.4) is 0 Å². The Morgan fingerprint density at radius 2 is 0.818 bits per heavy atom. The lowest BCUT2D eigenvalue weighted by Crippen LogP contribution is -3.00. The summed E-state index contributed by atoms with van der Waals surface area (Å²) in [5, 5.41) is 15.5. The number of rotatable bonds is 4. The fourth-order valence-corrected chi connectivity index (χ4v) is 9.91. The normalized spacial score (nSPS) is 11.2. The van der Waals surface area contributed by atoms with E-state index in [0.29, 0.717) is 5.75 Å². The van der Waals surface area contributed by atoms with Crippen LogP contribution in [0.4, 0.5) is 0 Å². The Balaban J connectivity index is 0.00000306. The number of benzene rings is 4. The van der Waals surface area contributed by atoms with Crippen molar-refractivity contribution in [1.82, 2.24) is 0 Å². The van der Waals surface area contributed by atoms with E-state index in [1.54, 1.807) is 0 Å². The summed E-state index contributed by atoms with van der Waals surface area (Å²) in [6.45, 7) is 13.2. The van der Waals surface area contributed by atoms with E-state index in [1.165, 1.54) is 54.6 Å². The summed E-state index contributed by atoms with van der Waals surface area (Å²) in [7, 11) is -2.21. The molecule has 0 amide bonds. The van der Waals surface area contributed by atoms with Gasteiger partial charge in [-0.25, -0.2) is 0 Å². The summed E-state index contributed by atoms with van der Waals surface area (Å²) in [6, 6.07) is 28.6. The van der Waals surface area contributed by atoms with Crippen LogP contribution in [0.15, 0.2) is 78.9 Å². The second kappa shape index (κ2) is 9.99. The average Bonchev–Trinajstić information content (AvgIpc) is 2.72. The van der Waals surface area contributed by atoms with Gasteiger partial charge in [-0.1, -0.05) is 53.1 Å². The highest BCUT2D eigenvalue weighted by Crippen LogP contribution is 2.56. The van der Waals surface area contributed by atoms with Crippen molar-refractivity contribution in [3.8, 4) is 5.75 Å². The first-order valence-corrected chi connectivity index (χ1v) is 12.9. The summed E-state index contributed by atoms with van der Waals surface area (Å²) in [5.74, 6) is 0.300. The Morgan fingerprint density at radius 3 is 1.12 bits per heavy atom. The third-order valence-corrected chi connectivity index (χ3v) is 11.1. The van der Waals surface area contributed by atoms with Crippen LogP contribution in [0.25, 0.3) is 0 Å². The molecule has 0 atom stereocenters. The SMILES string of the molecule is Cc1ccc([P+](c2ccc(O)cc2)(c2ccc(C)cc2C)c2ccc(C)cc2C)c(C)c1.[I-]. The van der Waals surface area contributed by atoms with Crippen LogP contribution in [0.2, 0.25) is 0 Å². The molecule has 0 spiro atoms. The fourth-order valence-electron chi connectivity index (χ4n) is 5.03. The molecule has 0 fully saturated rings. The summed E-state index contributed by atoms with van der Waals surface area (Å²) in [5.41, 5.74) is 7.76. The second-order valence-electron chi connectivity index (χ2n) is 9.06. The second-order valence-corrected chi connectivity index (χ2v) is 12.4. The van der Waals surface area contributed by atoms with Crippen molar-refractivity contribution >= 4 is 28.5 Å². The van der Waals surface area contributed by atoms with E-state index in [2.05, 4.69) is 108 Å². The molecule has 3 heteroatoms. The summed E-state index contributed by atoms with van der Waals surface area (Å²) in [4.78, 5) is 0. The van der Waals surface area contributed by atoms with Gasteiger partial charge in [0.2, 0.25) is 0 Å². The van der Waals surface area contributed by atoms with Gasteiger partial charge in [0.1, 0.15) is 34.2 Å². The van der Waals surface area contributed by atoms with Crippen LogP contribution in [0.5, 0.6) is 5.75 Å². The highest BCUT2D eigenvalue weighted by molar-refractivity contribution is 8.01. The minimum Gasteiger partial charge on any atom is -1.00 e. The van der Waals surface area contributed by atoms with Gasteiger partial charge in [0.25, 0.3) is 0 Å². The fraction of sp³-hybridized carbons (Fsp3) is 0.200. The van der Waals surface area contributed by atoms with Crippen molar-refractivity contribution in [3.05, 3.63) is 112 Å². The zero-order chi connectivity index (χ0) is 23.0. The van der Waals surface area contributed by atoms with Crippen molar-refractivity contribution in [2.24, 2.45) is 0 Å². The lowest BCUT2D eigenvalue weighted by molar-refractivity contribution is -0.00000775. The third-order valence-electron chi connectivity index (χ3n) is 6.38. The van der Waals surface area contributed by atoms with Crippen molar-refractivity contribution in [3.63, 3.8) is 0 Å². The van der Waals surface area contributed by atoms with Crippen LogP contribution in [0, 0.1) is 41.5 Å². The van der Waals surface area contributed by atoms with Gasteiger partial charge < -0.3 is 29.1 Å². The lowest BCUT2D eigenvalue weighted by atomic mass is 10.1. The molecule has 4 aromatic rings. The first kappa shape index (κ1) is 25.5. The number of aryl methyl sites for hydroxylation is 6. The minimum atomic E-state index is -2.21.